The predicted molar refractivity (Wildman–Crippen MR) is 152 cm³/mol. The summed E-state index contributed by atoms with van der Waals surface area (Å²) in [4.78, 5) is 0. The summed E-state index contributed by atoms with van der Waals surface area (Å²) in [6.45, 7) is 2.32. The molecule has 0 saturated heterocycles. The van der Waals surface area contributed by atoms with Gasteiger partial charge in [0, 0.05) is 6.42 Å². The van der Waals surface area contributed by atoms with Gasteiger partial charge in [-0.2, -0.15) is 33.7 Å². The zero-order valence-electron chi connectivity index (χ0n) is 23.8. The maximum absolute atomic E-state index is 12.9. The topological polar surface area (TPSA) is 40.5 Å². The maximum Gasteiger partial charge on any atom is 0.453 e. The van der Waals surface area contributed by atoms with Crippen molar-refractivity contribution in [3.63, 3.8) is 0 Å². The molecule has 8 heteroatoms. The van der Waals surface area contributed by atoms with E-state index in [1.54, 1.807) is 0 Å². The van der Waals surface area contributed by atoms with Gasteiger partial charge in [-0.1, -0.05) is 51.5 Å². The van der Waals surface area contributed by atoms with Gasteiger partial charge in [-0.05, 0) is 115 Å². The van der Waals surface area contributed by atoms with Crippen molar-refractivity contribution in [2.75, 3.05) is 11.5 Å². The highest BCUT2D eigenvalue weighted by Crippen LogP contribution is 2.62. The number of phenols is 1. The number of rotatable bonds is 14. The molecule has 0 aliphatic heterocycles. The van der Waals surface area contributed by atoms with E-state index in [0.29, 0.717) is 35.2 Å². The molecule has 40 heavy (non-hydrogen) atoms. The molecule has 4 rings (SSSR count). The van der Waals surface area contributed by atoms with Gasteiger partial charge in [0.05, 0.1) is 6.10 Å². The van der Waals surface area contributed by atoms with E-state index in [0.717, 1.165) is 57.1 Å². The minimum atomic E-state index is -5.44. The van der Waals surface area contributed by atoms with E-state index in [1.165, 1.54) is 55.0 Å². The number of fused-ring (bicyclic) bond motifs is 5. The Morgan fingerprint density at radius 3 is 2.30 bits per heavy atom. The van der Waals surface area contributed by atoms with E-state index in [9.17, 15) is 32.2 Å². The molecule has 228 valence electrons. The molecule has 2 nitrogen and oxygen atoms in total. The van der Waals surface area contributed by atoms with Gasteiger partial charge in [0.2, 0.25) is 0 Å². The minimum absolute atomic E-state index is 0.0419. The summed E-state index contributed by atoms with van der Waals surface area (Å²) in [6.07, 6.45) is 7.56. The van der Waals surface area contributed by atoms with Gasteiger partial charge < -0.3 is 10.2 Å². The van der Waals surface area contributed by atoms with Crippen molar-refractivity contribution in [1.29, 1.82) is 0 Å². The van der Waals surface area contributed by atoms with E-state index in [4.69, 9.17) is 0 Å². The number of unbranched alkanes of at least 4 members (excludes halogenated alkanes) is 6. The Kier molecular flexibility index (Phi) is 10.8. The van der Waals surface area contributed by atoms with Crippen molar-refractivity contribution in [1.82, 2.24) is 0 Å². The van der Waals surface area contributed by atoms with Crippen LogP contribution in [-0.4, -0.2) is 39.9 Å². The molecule has 2 fully saturated rings. The summed E-state index contributed by atoms with van der Waals surface area (Å²) in [5, 5.41) is 21.0. The van der Waals surface area contributed by atoms with Crippen LogP contribution in [0.1, 0.15) is 114 Å². The fourth-order valence-corrected chi connectivity index (χ4v) is 9.13. The molecule has 2 saturated carbocycles. The fraction of sp³-hybridized carbons (Fsp3) is 0.812. The van der Waals surface area contributed by atoms with Crippen LogP contribution >= 0.6 is 11.8 Å². The summed E-state index contributed by atoms with van der Waals surface area (Å²) in [5.41, 5.74) is 2.79. The average molecular weight is 591 g/mol. The molecular formula is C32H47F5O2S. The highest BCUT2D eigenvalue weighted by atomic mass is 32.2. The van der Waals surface area contributed by atoms with Gasteiger partial charge in [-0.3, -0.25) is 0 Å². The third-order valence-corrected chi connectivity index (χ3v) is 11.5. The highest BCUT2D eigenvalue weighted by Gasteiger charge is 2.57. The largest absolute Gasteiger partial charge is 0.508 e. The van der Waals surface area contributed by atoms with E-state index in [-0.39, 0.29) is 17.9 Å². The maximum atomic E-state index is 12.9. The monoisotopic (exact) mass is 590 g/mol. The number of benzene rings is 1. The molecule has 6 atom stereocenters. The fourth-order valence-electron chi connectivity index (χ4n) is 8.17. The van der Waals surface area contributed by atoms with Gasteiger partial charge in [0.15, 0.2) is 0 Å². The summed E-state index contributed by atoms with van der Waals surface area (Å²) in [6, 6.07) is 5.97. The Hall–Kier alpha value is -1.02. The Bertz CT molecular complexity index is 954. The van der Waals surface area contributed by atoms with Gasteiger partial charge in [-0.15, -0.1) is 0 Å². The molecule has 0 bridgehead atoms. The standard InChI is InChI=1S/C32H47F5O2S/c1-30-17-15-26-25-12-11-24(38)21-23(25)20-22(29(26)27(30)13-14-28(30)39)10-7-5-3-2-4-6-8-18-40-19-9-16-31(33,34)32(35,36)37/h11-12,21-22,26-29,38-39H,2-10,13-20H2,1H3/t22-,26-,27-,28+,29-,30+/m1/s1. The van der Waals surface area contributed by atoms with E-state index in [2.05, 4.69) is 13.0 Å². The average Bonchev–Trinajstić information content (AvgIpc) is 3.19. The first-order valence-corrected chi connectivity index (χ1v) is 16.6. The quantitative estimate of drug-likeness (QED) is 0.167. The third kappa shape index (κ3) is 7.30. The molecule has 1 aromatic carbocycles. The van der Waals surface area contributed by atoms with Crippen LogP contribution in [0.5, 0.6) is 5.75 Å². The van der Waals surface area contributed by atoms with Gasteiger partial charge in [0.25, 0.3) is 0 Å². The molecule has 0 amide bonds. The first kappa shape index (κ1) is 31.9. The summed E-state index contributed by atoms with van der Waals surface area (Å²) in [7, 11) is 0. The zero-order valence-corrected chi connectivity index (χ0v) is 24.6. The van der Waals surface area contributed by atoms with Gasteiger partial charge in [0.1, 0.15) is 5.75 Å². The van der Waals surface area contributed by atoms with Gasteiger partial charge >= 0.3 is 12.1 Å². The summed E-state index contributed by atoms with van der Waals surface area (Å²) in [5.74, 6) is -0.730. The Morgan fingerprint density at radius 1 is 0.900 bits per heavy atom. The Morgan fingerprint density at radius 2 is 1.57 bits per heavy atom. The van der Waals surface area contributed by atoms with Crippen molar-refractivity contribution < 1.29 is 32.2 Å². The number of thioether (sulfide) groups is 1. The van der Waals surface area contributed by atoms with Gasteiger partial charge in [-0.25, -0.2) is 0 Å². The van der Waals surface area contributed by atoms with Crippen LogP contribution in [0.4, 0.5) is 22.0 Å². The Balaban J connectivity index is 1.13. The molecular weight excluding hydrogens is 543 g/mol. The van der Waals surface area contributed by atoms with Crippen molar-refractivity contribution in [2.24, 2.45) is 23.2 Å². The number of hydrogen-bond acceptors (Lipinski definition) is 3. The van der Waals surface area contributed by atoms with Crippen molar-refractivity contribution in [2.45, 2.75) is 127 Å². The SMILES string of the molecule is C[C@]12CC[C@@H]3c4ccc(O)cc4C[C@@H](CCCCCCCCCSCCCC(F)(F)C(F)(F)F)[C@H]3[C@H]1CC[C@@H]2O. The molecule has 3 aliphatic rings. The molecule has 0 aromatic heterocycles. The number of alkyl halides is 5. The predicted octanol–water partition coefficient (Wildman–Crippen LogP) is 9.67. The molecule has 0 spiro atoms. The summed E-state index contributed by atoms with van der Waals surface area (Å²) < 4.78 is 62.4. The molecule has 0 heterocycles. The van der Waals surface area contributed by atoms with Crippen LogP contribution in [0.25, 0.3) is 0 Å². The zero-order chi connectivity index (χ0) is 29.0. The lowest BCUT2D eigenvalue weighted by molar-refractivity contribution is -0.284. The molecule has 0 radical (unpaired) electrons. The van der Waals surface area contributed by atoms with Crippen LogP contribution in [0, 0.1) is 23.2 Å². The van der Waals surface area contributed by atoms with Crippen LogP contribution < -0.4 is 0 Å². The first-order valence-electron chi connectivity index (χ1n) is 15.5. The van der Waals surface area contributed by atoms with Crippen molar-refractivity contribution >= 4 is 11.8 Å². The molecule has 2 N–H and O–H groups in total. The number of hydrogen-bond donors (Lipinski definition) is 2. The second kappa shape index (κ2) is 13.5. The summed E-state index contributed by atoms with van der Waals surface area (Å²) >= 11 is 1.47. The number of phenolic OH excluding ortho intramolecular Hbond substituents is 1. The lowest BCUT2D eigenvalue weighted by Crippen LogP contribution is -2.47. The second-order valence-corrected chi connectivity index (χ2v) is 14.2. The van der Waals surface area contributed by atoms with Crippen molar-refractivity contribution in [3.05, 3.63) is 29.3 Å². The van der Waals surface area contributed by atoms with E-state index in [1.807, 2.05) is 12.1 Å². The van der Waals surface area contributed by atoms with Crippen LogP contribution in [0.3, 0.4) is 0 Å². The van der Waals surface area contributed by atoms with Crippen LogP contribution in [0.2, 0.25) is 0 Å². The number of aromatic hydroxyl groups is 1. The van der Waals surface area contributed by atoms with E-state index < -0.39 is 18.5 Å². The second-order valence-electron chi connectivity index (χ2n) is 13.0. The smallest absolute Gasteiger partial charge is 0.453 e. The lowest BCUT2D eigenvalue weighted by atomic mass is 9.52. The minimum Gasteiger partial charge on any atom is -0.508 e. The first-order chi connectivity index (χ1) is 18.9. The van der Waals surface area contributed by atoms with Crippen molar-refractivity contribution in [3.8, 4) is 5.75 Å². The molecule has 1 aromatic rings. The Labute approximate surface area is 240 Å². The lowest BCUT2D eigenvalue weighted by Gasteiger charge is -2.53. The normalized spacial score (nSPS) is 30.1. The van der Waals surface area contributed by atoms with E-state index >= 15 is 0 Å². The number of aliphatic hydroxyl groups excluding tert-OH is 1. The third-order valence-electron chi connectivity index (χ3n) is 10.4. The number of aliphatic hydroxyl groups is 1. The number of halogens is 5. The molecule has 3 aliphatic carbocycles. The highest BCUT2D eigenvalue weighted by molar-refractivity contribution is 7.99. The van der Waals surface area contributed by atoms with Crippen LogP contribution in [-0.2, 0) is 6.42 Å². The molecule has 0 unspecified atom stereocenters. The van der Waals surface area contributed by atoms with Crippen LogP contribution in [0.15, 0.2) is 18.2 Å².